The molecule has 4 rings (SSSR count). The van der Waals surface area contributed by atoms with Gasteiger partial charge in [-0.05, 0) is 49.9 Å². The molecule has 0 bridgehead atoms. The van der Waals surface area contributed by atoms with Crippen molar-refractivity contribution in [3.63, 3.8) is 0 Å². The molecule has 3 aromatic rings. The van der Waals surface area contributed by atoms with Crippen LogP contribution in [0, 0.1) is 0 Å². The van der Waals surface area contributed by atoms with Crippen LogP contribution < -0.4 is 11.1 Å². The Morgan fingerprint density at radius 3 is 2.53 bits per heavy atom. The van der Waals surface area contributed by atoms with Gasteiger partial charge in [0.25, 0.3) is 5.91 Å². The number of benzene rings is 2. The zero-order valence-corrected chi connectivity index (χ0v) is 16.8. The molecule has 2 aromatic carbocycles. The van der Waals surface area contributed by atoms with E-state index in [2.05, 4.69) is 5.32 Å². The molecule has 0 radical (unpaired) electrons. The van der Waals surface area contributed by atoms with Gasteiger partial charge in [-0.1, -0.05) is 24.3 Å². The summed E-state index contributed by atoms with van der Waals surface area (Å²) in [5, 5.41) is 2.87. The molecule has 0 spiro atoms. The molecular formula is C23H25N3O4. The number of piperidine rings is 1. The molecule has 1 N–H and O–H groups in total. The molecule has 2 heterocycles. The number of aryl methyl sites for hydroxylation is 1. The third kappa shape index (κ3) is 4.30. The van der Waals surface area contributed by atoms with Crippen molar-refractivity contribution in [2.45, 2.75) is 38.6 Å². The van der Waals surface area contributed by atoms with Crippen molar-refractivity contribution in [1.82, 2.24) is 9.47 Å². The number of carbonyl (C=O) groups is 2. The summed E-state index contributed by atoms with van der Waals surface area (Å²) in [5.41, 5.74) is 2.31. The lowest BCUT2D eigenvalue weighted by atomic mass is 10.1. The number of anilines is 1. The lowest BCUT2D eigenvalue weighted by Gasteiger charge is -2.27. The first-order valence-corrected chi connectivity index (χ1v) is 10.4. The Morgan fingerprint density at radius 1 is 0.967 bits per heavy atom. The summed E-state index contributed by atoms with van der Waals surface area (Å²) in [7, 11) is 0. The number of amides is 2. The molecule has 0 saturated carbocycles. The number of fused-ring (bicyclic) bond motifs is 1. The molecule has 1 fully saturated rings. The van der Waals surface area contributed by atoms with Crippen molar-refractivity contribution in [1.29, 1.82) is 0 Å². The Bertz CT molecular complexity index is 1110. The normalized spacial score (nSPS) is 14.1. The zero-order chi connectivity index (χ0) is 20.9. The monoisotopic (exact) mass is 407 g/mol. The van der Waals surface area contributed by atoms with Crippen LogP contribution in [0.1, 0.15) is 42.5 Å². The van der Waals surface area contributed by atoms with Crippen molar-refractivity contribution >= 4 is 28.6 Å². The first-order chi connectivity index (χ1) is 14.6. The highest BCUT2D eigenvalue weighted by Gasteiger charge is 2.21. The van der Waals surface area contributed by atoms with Crippen LogP contribution in [0.3, 0.4) is 0 Å². The average molecular weight is 407 g/mol. The summed E-state index contributed by atoms with van der Waals surface area (Å²) in [6.45, 7) is 1.90. The summed E-state index contributed by atoms with van der Waals surface area (Å²) in [6, 6.07) is 14.3. The van der Waals surface area contributed by atoms with Crippen molar-refractivity contribution in [3.8, 4) is 0 Å². The van der Waals surface area contributed by atoms with Crippen LogP contribution in [0.4, 0.5) is 5.69 Å². The molecule has 0 aliphatic carbocycles. The third-order valence-corrected chi connectivity index (χ3v) is 5.43. The molecule has 0 atom stereocenters. The van der Waals surface area contributed by atoms with Crippen molar-refractivity contribution in [3.05, 3.63) is 64.6 Å². The van der Waals surface area contributed by atoms with Gasteiger partial charge in [0.2, 0.25) is 5.91 Å². The van der Waals surface area contributed by atoms with Crippen LogP contribution >= 0.6 is 0 Å². The van der Waals surface area contributed by atoms with Crippen LogP contribution in [-0.4, -0.2) is 34.4 Å². The van der Waals surface area contributed by atoms with Gasteiger partial charge >= 0.3 is 5.76 Å². The first kappa shape index (κ1) is 19.9. The number of hydrogen-bond acceptors (Lipinski definition) is 4. The van der Waals surface area contributed by atoms with Crippen LogP contribution in [0.15, 0.2) is 57.7 Å². The van der Waals surface area contributed by atoms with Gasteiger partial charge in [0.05, 0.1) is 16.8 Å². The maximum Gasteiger partial charge on any atom is 0.419 e. The molecule has 2 amide bonds. The Hall–Kier alpha value is -3.35. The van der Waals surface area contributed by atoms with E-state index < -0.39 is 5.76 Å². The predicted molar refractivity (Wildman–Crippen MR) is 115 cm³/mol. The summed E-state index contributed by atoms with van der Waals surface area (Å²) in [4.78, 5) is 39.2. The van der Waals surface area contributed by atoms with E-state index in [1.807, 2.05) is 29.2 Å². The summed E-state index contributed by atoms with van der Waals surface area (Å²) < 4.78 is 6.75. The minimum Gasteiger partial charge on any atom is -0.408 e. The maximum absolute atomic E-state index is 12.9. The van der Waals surface area contributed by atoms with Crippen LogP contribution in [0.5, 0.6) is 0 Å². The van der Waals surface area contributed by atoms with Crippen LogP contribution in [-0.2, 0) is 11.3 Å². The van der Waals surface area contributed by atoms with Gasteiger partial charge in [-0.3, -0.25) is 14.2 Å². The molecule has 156 valence electrons. The third-order valence-electron chi connectivity index (χ3n) is 5.43. The molecular weight excluding hydrogens is 382 g/mol. The smallest absolute Gasteiger partial charge is 0.408 e. The fraction of sp³-hybridized carbons (Fsp3) is 0.348. The summed E-state index contributed by atoms with van der Waals surface area (Å²) in [5.74, 6) is -0.647. The number of carbonyl (C=O) groups excluding carboxylic acids is 2. The predicted octanol–water partition coefficient (Wildman–Crippen LogP) is 3.64. The highest BCUT2D eigenvalue weighted by molar-refractivity contribution is 6.03. The van der Waals surface area contributed by atoms with Gasteiger partial charge < -0.3 is 14.6 Å². The van der Waals surface area contributed by atoms with Gasteiger partial charge in [-0.15, -0.1) is 0 Å². The highest BCUT2D eigenvalue weighted by Crippen LogP contribution is 2.20. The first-order valence-electron chi connectivity index (χ1n) is 10.4. The fourth-order valence-electron chi connectivity index (χ4n) is 3.88. The molecule has 1 aliphatic rings. The molecule has 1 aliphatic heterocycles. The minimum absolute atomic E-state index is 0.0398. The summed E-state index contributed by atoms with van der Waals surface area (Å²) >= 11 is 0. The molecule has 7 heteroatoms. The summed E-state index contributed by atoms with van der Waals surface area (Å²) in [6.07, 6.45) is 3.90. The van der Waals surface area contributed by atoms with Crippen molar-refractivity contribution in [2.24, 2.45) is 0 Å². The maximum atomic E-state index is 12.9. The van der Waals surface area contributed by atoms with Crippen molar-refractivity contribution < 1.29 is 14.0 Å². The number of hydrogen-bond donors (Lipinski definition) is 1. The van der Waals surface area contributed by atoms with E-state index >= 15 is 0 Å². The van der Waals surface area contributed by atoms with E-state index in [1.165, 1.54) is 4.57 Å². The fourth-order valence-corrected chi connectivity index (χ4v) is 3.88. The largest absolute Gasteiger partial charge is 0.419 e. The second-order valence-corrected chi connectivity index (χ2v) is 7.54. The number of aromatic nitrogens is 1. The zero-order valence-electron chi connectivity index (χ0n) is 16.8. The number of para-hydroxylation sites is 3. The van der Waals surface area contributed by atoms with Crippen LogP contribution in [0.2, 0.25) is 0 Å². The van der Waals surface area contributed by atoms with E-state index in [-0.39, 0.29) is 18.2 Å². The quantitative estimate of drug-likeness (QED) is 0.676. The van der Waals surface area contributed by atoms with E-state index in [1.54, 1.807) is 24.3 Å². The topological polar surface area (TPSA) is 84.5 Å². The second kappa shape index (κ2) is 8.98. The standard InChI is InChI=1S/C23H25N3O4/c27-21(13-8-16-26-19-11-4-5-12-20(19)30-23(26)29)24-18-10-3-2-9-17(18)22(28)25-14-6-1-7-15-25/h2-5,9-12H,1,6-8,13-16H2,(H,24,27). The minimum atomic E-state index is -0.422. The Balaban J connectivity index is 1.38. The average Bonchev–Trinajstić information content (AvgIpc) is 3.09. The SMILES string of the molecule is O=C(CCCn1c(=O)oc2ccccc21)Nc1ccccc1C(=O)N1CCCCC1. The lowest BCUT2D eigenvalue weighted by Crippen LogP contribution is -2.36. The van der Waals surface area contributed by atoms with E-state index in [0.29, 0.717) is 29.8 Å². The van der Waals surface area contributed by atoms with Crippen molar-refractivity contribution in [2.75, 3.05) is 18.4 Å². The van der Waals surface area contributed by atoms with Crippen LogP contribution in [0.25, 0.3) is 11.1 Å². The molecule has 1 aromatic heterocycles. The van der Waals surface area contributed by atoms with Gasteiger partial charge in [0.15, 0.2) is 5.58 Å². The molecule has 30 heavy (non-hydrogen) atoms. The van der Waals surface area contributed by atoms with Gasteiger partial charge in [-0.2, -0.15) is 0 Å². The molecule has 1 saturated heterocycles. The highest BCUT2D eigenvalue weighted by atomic mass is 16.4. The van der Waals surface area contributed by atoms with E-state index in [9.17, 15) is 14.4 Å². The second-order valence-electron chi connectivity index (χ2n) is 7.54. The number of nitrogens with zero attached hydrogens (tertiary/aromatic N) is 2. The van der Waals surface area contributed by atoms with Gasteiger partial charge in [0.1, 0.15) is 0 Å². The molecule has 0 unspecified atom stereocenters. The lowest BCUT2D eigenvalue weighted by molar-refractivity contribution is -0.116. The number of oxazole rings is 1. The Labute approximate surface area is 174 Å². The number of rotatable bonds is 6. The Morgan fingerprint density at radius 2 is 1.70 bits per heavy atom. The van der Waals surface area contributed by atoms with Gasteiger partial charge in [0, 0.05) is 26.1 Å². The van der Waals surface area contributed by atoms with E-state index in [0.717, 1.165) is 37.9 Å². The Kier molecular flexibility index (Phi) is 5.97. The number of likely N-dealkylation sites (tertiary alicyclic amines) is 1. The number of nitrogens with one attached hydrogen (secondary N) is 1. The molecule has 7 nitrogen and oxygen atoms in total. The van der Waals surface area contributed by atoms with Gasteiger partial charge in [-0.25, -0.2) is 4.79 Å². The van der Waals surface area contributed by atoms with E-state index in [4.69, 9.17) is 4.42 Å².